The van der Waals surface area contributed by atoms with Crippen LogP contribution in [0.3, 0.4) is 0 Å². The molecular formula is C42H43N3O5. The van der Waals surface area contributed by atoms with Gasteiger partial charge in [-0.15, -0.1) is 0 Å². The Bertz CT molecular complexity index is 2240. The summed E-state index contributed by atoms with van der Waals surface area (Å²) in [6.07, 6.45) is 13.0. The lowest BCUT2D eigenvalue weighted by atomic mass is 9.81. The molecule has 256 valence electrons. The van der Waals surface area contributed by atoms with Gasteiger partial charge >= 0.3 is 11.9 Å². The number of piperidine rings is 2. The van der Waals surface area contributed by atoms with Crippen LogP contribution in [-0.4, -0.2) is 61.4 Å². The van der Waals surface area contributed by atoms with E-state index in [1.165, 1.54) is 24.2 Å². The van der Waals surface area contributed by atoms with E-state index in [2.05, 4.69) is 22.8 Å². The highest BCUT2D eigenvalue weighted by Gasteiger charge is 2.38. The molecule has 0 aliphatic carbocycles. The van der Waals surface area contributed by atoms with Gasteiger partial charge in [-0.2, -0.15) is 0 Å². The highest BCUT2D eigenvalue weighted by atomic mass is 16.6. The summed E-state index contributed by atoms with van der Waals surface area (Å²) in [4.78, 5) is 61.6. The standard InChI is InChI=1S/C42H43N3O5/c1-2-3-4-5-6-13-22-45-39(46)27-16-14-25-36-32(44-20-11-8-12-21-44)24-30-34-28(41(48)50-42(30)49)17-15-26(38(34)36)35-31(43-18-9-7-10-19-43)23-29(40(45)47)33(27)37(25)35/h14-17,23-24H,2-13,18-22H2,1H3. The van der Waals surface area contributed by atoms with Crippen molar-refractivity contribution in [3.8, 4) is 0 Å². The predicted molar refractivity (Wildman–Crippen MR) is 198 cm³/mol. The van der Waals surface area contributed by atoms with Gasteiger partial charge in [-0.05, 0) is 80.0 Å². The number of imide groups is 1. The lowest BCUT2D eigenvalue weighted by Gasteiger charge is -2.35. The molecule has 50 heavy (non-hydrogen) atoms. The second kappa shape index (κ2) is 12.3. The summed E-state index contributed by atoms with van der Waals surface area (Å²) in [6.45, 7) is 6.09. The Morgan fingerprint density at radius 2 is 1.02 bits per heavy atom. The first-order valence-corrected chi connectivity index (χ1v) is 18.9. The molecule has 0 N–H and O–H groups in total. The minimum Gasteiger partial charge on any atom is -0.386 e. The molecule has 0 radical (unpaired) electrons. The Morgan fingerprint density at radius 1 is 0.520 bits per heavy atom. The maximum absolute atomic E-state index is 14.5. The van der Waals surface area contributed by atoms with Gasteiger partial charge in [0.1, 0.15) is 0 Å². The number of rotatable bonds is 9. The Kier molecular flexibility index (Phi) is 7.66. The Balaban J connectivity index is 1.35. The number of amides is 2. The van der Waals surface area contributed by atoms with Crippen molar-refractivity contribution in [2.24, 2.45) is 0 Å². The molecule has 9 rings (SSSR count). The van der Waals surface area contributed by atoms with E-state index in [4.69, 9.17) is 4.74 Å². The van der Waals surface area contributed by atoms with Crippen LogP contribution in [0.25, 0.3) is 43.1 Å². The molecule has 4 heterocycles. The second-order valence-corrected chi connectivity index (χ2v) is 14.8. The quantitative estimate of drug-likeness (QED) is 0.0387. The van der Waals surface area contributed by atoms with Crippen molar-refractivity contribution in [1.29, 1.82) is 0 Å². The average molecular weight is 670 g/mol. The third kappa shape index (κ3) is 4.63. The Labute approximate surface area is 291 Å². The summed E-state index contributed by atoms with van der Waals surface area (Å²) in [5.41, 5.74) is 3.92. The molecule has 5 aromatic rings. The van der Waals surface area contributed by atoms with Gasteiger partial charge in [0, 0.05) is 82.0 Å². The van der Waals surface area contributed by atoms with E-state index in [1.807, 2.05) is 24.3 Å². The number of hydrogen-bond donors (Lipinski definition) is 0. The monoisotopic (exact) mass is 669 g/mol. The topological polar surface area (TPSA) is 87.2 Å². The first-order chi connectivity index (χ1) is 24.5. The van der Waals surface area contributed by atoms with Crippen molar-refractivity contribution >= 4 is 78.2 Å². The third-order valence-electron chi connectivity index (χ3n) is 11.8. The molecule has 2 saturated heterocycles. The maximum Gasteiger partial charge on any atom is 0.346 e. The zero-order chi connectivity index (χ0) is 34.1. The van der Waals surface area contributed by atoms with Crippen LogP contribution >= 0.6 is 0 Å². The number of carbonyl (C=O) groups excluding carboxylic acids is 4. The van der Waals surface area contributed by atoms with Crippen molar-refractivity contribution in [1.82, 2.24) is 4.90 Å². The third-order valence-corrected chi connectivity index (χ3v) is 11.8. The smallest absolute Gasteiger partial charge is 0.346 e. The average Bonchev–Trinajstić information content (AvgIpc) is 3.15. The second-order valence-electron chi connectivity index (χ2n) is 14.8. The van der Waals surface area contributed by atoms with E-state index in [-0.39, 0.29) is 11.8 Å². The number of ether oxygens (including phenoxy) is 1. The van der Waals surface area contributed by atoms with Crippen LogP contribution in [0.4, 0.5) is 11.4 Å². The molecule has 0 aromatic heterocycles. The lowest BCUT2D eigenvalue weighted by Crippen LogP contribution is -2.41. The minimum absolute atomic E-state index is 0.210. The van der Waals surface area contributed by atoms with E-state index in [1.54, 1.807) is 6.07 Å². The molecule has 5 aromatic carbocycles. The largest absolute Gasteiger partial charge is 0.386 e. The zero-order valence-corrected chi connectivity index (χ0v) is 28.9. The minimum atomic E-state index is -0.625. The number of unbranched alkanes of at least 4 members (excludes halogenated alkanes) is 5. The van der Waals surface area contributed by atoms with Gasteiger partial charge in [-0.3, -0.25) is 14.5 Å². The molecule has 0 atom stereocenters. The molecule has 0 bridgehead atoms. The molecule has 0 spiro atoms. The molecule has 8 nitrogen and oxygen atoms in total. The van der Waals surface area contributed by atoms with Crippen molar-refractivity contribution in [3.05, 3.63) is 58.7 Å². The molecule has 2 amide bonds. The Hall–Kier alpha value is -4.72. The number of nitrogens with zero attached hydrogens (tertiary/aromatic N) is 3. The molecule has 0 unspecified atom stereocenters. The summed E-state index contributed by atoms with van der Waals surface area (Å²) in [5.74, 6) is -1.67. The van der Waals surface area contributed by atoms with E-state index in [0.717, 1.165) is 133 Å². The van der Waals surface area contributed by atoms with Crippen LogP contribution < -0.4 is 9.80 Å². The summed E-state index contributed by atoms with van der Waals surface area (Å²) >= 11 is 0. The Morgan fingerprint density at radius 3 is 1.64 bits per heavy atom. The van der Waals surface area contributed by atoms with Crippen LogP contribution in [0.15, 0.2) is 36.4 Å². The first-order valence-electron chi connectivity index (χ1n) is 18.9. The molecule has 8 heteroatoms. The van der Waals surface area contributed by atoms with Gasteiger partial charge < -0.3 is 14.5 Å². The maximum atomic E-state index is 14.5. The van der Waals surface area contributed by atoms with Crippen LogP contribution in [0, 0.1) is 0 Å². The van der Waals surface area contributed by atoms with Gasteiger partial charge in [0.25, 0.3) is 11.8 Å². The van der Waals surface area contributed by atoms with E-state index >= 15 is 0 Å². The fourth-order valence-corrected chi connectivity index (χ4v) is 9.34. The fourth-order valence-electron chi connectivity index (χ4n) is 9.34. The SMILES string of the molecule is CCCCCCCCN1C(=O)c2ccc3c4c(N5CCCCC5)cc5c6c(ccc(c7c(N8CCCCC8)cc(c2c37)C1=O)c64)C(=O)OC5=O. The van der Waals surface area contributed by atoms with E-state index in [9.17, 15) is 19.2 Å². The number of hydrogen-bond acceptors (Lipinski definition) is 7. The number of cyclic esters (lactones) is 2. The summed E-state index contributed by atoms with van der Waals surface area (Å²) in [6, 6.07) is 11.7. The van der Waals surface area contributed by atoms with Gasteiger partial charge in [0.15, 0.2) is 0 Å². The number of esters is 2. The number of anilines is 2. The zero-order valence-electron chi connectivity index (χ0n) is 28.9. The van der Waals surface area contributed by atoms with Crippen LogP contribution in [0.2, 0.25) is 0 Å². The normalized spacial score (nSPS) is 18.1. The van der Waals surface area contributed by atoms with Crippen LogP contribution in [-0.2, 0) is 4.74 Å². The number of benzene rings is 5. The fraction of sp³-hybridized carbons (Fsp3) is 0.429. The summed E-state index contributed by atoms with van der Waals surface area (Å²) < 4.78 is 5.28. The number of fused-ring (bicyclic) bond motifs is 2. The van der Waals surface area contributed by atoms with Crippen molar-refractivity contribution in [2.75, 3.05) is 42.5 Å². The lowest BCUT2D eigenvalue weighted by molar-refractivity contribution is 0.0390. The van der Waals surface area contributed by atoms with Gasteiger partial charge in [0.2, 0.25) is 0 Å². The van der Waals surface area contributed by atoms with Gasteiger partial charge in [-0.25, -0.2) is 9.59 Å². The van der Waals surface area contributed by atoms with E-state index < -0.39 is 11.9 Å². The highest BCUT2D eigenvalue weighted by Crippen LogP contribution is 2.52. The molecule has 4 aliphatic rings. The molecule has 0 saturated carbocycles. The van der Waals surface area contributed by atoms with Crippen LogP contribution in [0.5, 0.6) is 0 Å². The molecule has 4 aliphatic heterocycles. The predicted octanol–water partition coefficient (Wildman–Crippen LogP) is 8.98. The van der Waals surface area contributed by atoms with Crippen LogP contribution in [0.1, 0.15) is 125 Å². The number of carbonyl (C=O) groups is 4. The van der Waals surface area contributed by atoms with Crippen molar-refractivity contribution in [2.45, 2.75) is 84.0 Å². The van der Waals surface area contributed by atoms with Crippen molar-refractivity contribution in [3.63, 3.8) is 0 Å². The van der Waals surface area contributed by atoms with Gasteiger partial charge in [-0.1, -0.05) is 51.2 Å². The molecule has 2 fully saturated rings. The summed E-state index contributed by atoms with van der Waals surface area (Å²) in [5, 5.41) is 7.03. The highest BCUT2D eigenvalue weighted by molar-refractivity contribution is 6.43. The molecular weight excluding hydrogens is 626 g/mol. The van der Waals surface area contributed by atoms with Gasteiger partial charge in [0.05, 0.1) is 16.7 Å². The van der Waals surface area contributed by atoms with E-state index in [0.29, 0.717) is 34.2 Å². The van der Waals surface area contributed by atoms with Crippen molar-refractivity contribution < 1.29 is 23.9 Å². The summed E-state index contributed by atoms with van der Waals surface area (Å²) in [7, 11) is 0. The first kappa shape index (κ1) is 31.3.